The maximum absolute atomic E-state index is 11.3. The van der Waals surface area contributed by atoms with E-state index in [1.807, 2.05) is 25.1 Å². The zero-order valence-electron chi connectivity index (χ0n) is 13.2. The predicted octanol–water partition coefficient (Wildman–Crippen LogP) is -0.429. The van der Waals surface area contributed by atoms with E-state index in [9.17, 15) is 20.1 Å². The summed E-state index contributed by atoms with van der Waals surface area (Å²) in [5, 5.41) is 31.9. The number of benzene rings is 1. The van der Waals surface area contributed by atoms with Crippen molar-refractivity contribution in [3.63, 3.8) is 0 Å². The summed E-state index contributed by atoms with van der Waals surface area (Å²) in [5.74, 6) is 0.133. The standard InChI is InChI=1S/C16H23NO6/c1-3-10-5-4-6-11(7-10)22-16-13(17-9(2)19)15(21)14(20)12(8-18)23-16/h4-7,12-16,18,20-21H,3,8H2,1-2H3,(H,17,19)/t12-,13+,14-,15+,16+/m1/s1. The summed E-state index contributed by atoms with van der Waals surface area (Å²) in [5.41, 5.74) is 1.06. The van der Waals surface area contributed by atoms with Gasteiger partial charge in [0.1, 0.15) is 30.1 Å². The molecule has 7 heteroatoms. The Hall–Kier alpha value is -1.67. The van der Waals surface area contributed by atoms with Crippen LogP contribution in [0, 0.1) is 0 Å². The van der Waals surface area contributed by atoms with E-state index in [4.69, 9.17) is 9.47 Å². The molecule has 128 valence electrons. The molecule has 1 saturated heterocycles. The van der Waals surface area contributed by atoms with Crippen LogP contribution in [0.5, 0.6) is 5.75 Å². The monoisotopic (exact) mass is 325 g/mol. The fourth-order valence-electron chi connectivity index (χ4n) is 2.54. The molecule has 1 aromatic rings. The van der Waals surface area contributed by atoms with E-state index in [2.05, 4.69) is 5.32 Å². The largest absolute Gasteiger partial charge is 0.463 e. The maximum atomic E-state index is 11.3. The Balaban J connectivity index is 2.21. The lowest BCUT2D eigenvalue weighted by Crippen LogP contribution is -2.65. The Morgan fingerprint density at radius 1 is 1.35 bits per heavy atom. The number of hydrogen-bond acceptors (Lipinski definition) is 6. The molecule has 1 amide bonds. The summed E-state index contributed by atoms with van der Waals surface area (Å²) in [6, 6.07) is 6.41. The first-order valence-corrected chi connectivity index (χ1v) is 7.61. The molecule has 1 fully saturated rings. The lowest BCUT2D eigenvalue weighted by molar-refractivity contribution is -0.244. The van der Waals surface area contributed by atoms with Crippen LogP contribution in [0.3, 0.4) is 0 Å². The van der Waals surface area contributed by atoms with Gasteiger partial charge in [-0.15, -0.1) is 0 Å². The molecule has 0 saturated carbocycles. The second-order valence-electron chi connectivity index (χ2n) is 5.55. The SMILES string of the molecule is CCc1cccc(O[C@H]2O[C@H](CO)[C@@H](O)[C@@H](O)[C@@H]2NC(C)=O)c1. The molecule has 23 heavy (non-hydrogen) atoms. The number of aryl methyl sites for hydroxylation is 1. The van der Waals surface area contributed by atoms with Crippen molar-refractivity contribution in [3.8, 4) is 5.75 Å². The Labute approximate surface area is 134 Å². The van der Waals surface area contributed by atoms with Crippen molar-refractivity contribution < 1.29 is 29.6 Å². The molecule has 1 aromatic carbocycles. The predicted molar refractivity (Wildman–Crippen MR) is 81.8 cm³/mol. The average Bonchev–Trinajstić information content (AvgIpc) is 2.54. The number of amides is 1. The molecule has 0 aliphatic carbocycles. The number of carbonyl (C=O) groups is 1. The van der Waals surface area contributed by atoms with Gasteiger partial charge in [0.25, 0.3) is 0 Å². The number of hydrogen-bond donors (Lipinski definition) is 4. The van der Waals surface area contributed by atoms with E-state index in [-0.39, 0.29) is 5.91 Å². The topological polar surface area (TPSA) is 108 Å². The van der Waals surface area contributed by atoms with Crippen molar-refractivity contribution in [1.82, 2.24) is 5.32 Å². The minimum absolute atomic E-state index is 0.386. The third-order valence-corrected chi connectivity index (χ3v) is 3.81. The zero-order chi connectivity index (χ0) is 17.0. The Morgan fingerprint density at radius 2 is 2.09 bits per heavy atom. The molecule has 7 nitrogen and oxygen atoms in total. The molecule has 0 bridgehead atoms. The van der Waals surface area contributed by atoms with Crippen LogP contribution in [0.2, 0.25) is 0 Å². The molecule has 0 spiro atoms. The summed E-state index contributed by atoms with van der Waals surface area (Å²) >= 11 is 0. The van der Waals surface area contributed by atoms with Gasteiger partial charge >= 0.3 is 0 Å². The second-order valence-corrected chi connectivity index (χ2v) is 5.55. The van der Waals surface area contributed by atoms with E-state index in [1.165, 1.54) is 6.92 Å². The third-order valence-electron chi connectivity index (χ3n) is 3.81. The van der Waals surface area contributed by atoms with Crippen LogP contribution < -0.4 is 10.1 Å². The first kappa shape index (κ1) is 17.7. The fourth-order valence-corrected chi connectivity index (χ4v) is 2.54. The minimum atomic E-state index is -1.32. The van der Waals surface area contributed by atoms with Crippen LogP contribution in [0.4, 0.5) is 0 Å². The van der Waals surface area contributed by atoms with Crippen molar-refractivity contribution in [2.75, 3.05) is 6.61 Å². The fraction of sp³-hybridized carbons (Fsp3) is 0.562. The van der Waals surface area contributed by atoms with E-state index in [0.717, 1.165) is 12.0 Å². The van der Waals surface area contributed by atoms with E-state index < -0.39 is 37.3 Å². The molecule has 5 atom stereocenters. The Morgan fingerprint density at radius 3 is 2.70 bits per heavy atom. The van der Waals surface area contributed by atoms with Crippen LogP contribution in [0.15, 0.2) is 24.3 Å². The highest BCUT2D eigenvalue weighted by molar-refractivity contribution is 5.73. The van der Waals surface area contributed by atoms with Crippen LogP contribution in [-0.4, -0.2) is 58.5 Å². The zero-order valence-corrected chi connectivity index (χ0v) is 13.2. The number of carbonyl (C=O) groups excluding carboxylic acids is 1. The summed E-state index contributed by atoms with van der Waals surface area (Å²) in [6.45, 7) is 2.84. The van der Waals surface area contributed by atoms with Crippen LogP contribution in [0.1, 0.15) is 19.4 Å². The van der Waals surface area contributed by atoms with Crippen LogP contribution >= 0.6 is 0 Å². The van der Waals surface area contributed by atoms with E-state index >= 15 is 0 Å². The third kappa shape index (κ3) is 4.20. The van der Waals surface area contributed by atoms with Gasteiger partial charge in [-0.1, -0.05) is 19.1 Å². The first-order valence-electron chi connectivity index (χ1n) is 7.61. The number of aliphatic hydroxyl groups is 3. The summed E-state index contributed by atoms with van der Waals surface area (Å²) in [6.07, 6.45) is -3.82. The number of nitrogens with one attached hydrogen (secondary N) is 1. The highest BCUT2D eigenvalue weighted by atomic mass is 16.7. The van der Waals surface area contributed by atoms with Gasteiger partial charge in [-0.2, -0.15) is 0 Å². The minimum Gasteiger partial charge on any atom is -0.463 e. The van der Waals surface area contributed by atoms with Crippen LogP contribution in [0.25, 0.3) is 0 Å². The van der Waals surface area contributed by atoms with Gasteiger partial charge in [0.05, 0.1) is 6.61 Å². The van der Waals surface area contributed by atoms with Crippen molar-refractivity contribution >= 4 is 5.91 Å². The molecule has 0 unspecified atom stereocenters. The molecule has 1 aliphatic heterocycles. The van der Waals surface area contributed by atoms with Crippen LogP contribution in [-0.2, 0) is 16.0 Å². The maximum Gasteiger partial charge on any atom is 0.223 e. The lowest BCUT2D eigenvalue weighted by atomic mass is 9.97. The molecular weight excluding hydrogens is 302 g/mol. The smallest absolute Gasteiger partial charge is 0.223 e. The molecule has 1 aliphatic rings. The molecule has 0 radical (unpaired) electrons. The number of aliphatic hydroxyl groups excluding tert-OH is 3. The van der Waals surface area contributed by atoms with Gasteiger partial charge in [0.2, 0.25) is 12.2 Å². The van der Waals surface area contributed by atoms with Gasteiger partial charge in [-0.3, -0.25) is 4.79 Å². The molecule has 0 aromatic heterocycles. The van der Waals surface area contributed by atoms with Crippen molar-refractivity contribution in [2.24, 2.45) is 0 Å². The van der Waals surface area contributed by atoms with Crippen molar-refractivity contribution in [2.45, 2.75) is 50.9 Å². The van der Waals surface area contributed by atoms with Gasteiger partial charge in [0, 0.05) is 6.92 Å². The average molecular weight is 325 g/mol. The van der Waals surface area contributed by atoms with Gasteiger partial charge in [0.15, 0.2) is 0 Å². The van der Waals surface area contributed by atoms with Crippen molar-refractivity contribution in [3.05, 3.63) is 29.8 Å². The quantitative estimate of drug-likeness (QED) is 0.585. The number of rotatable bonds is 5. The lowest BCUT2D eigenvalue weighted by Gasteiger charge is -2.42. The van der Waals surface area contributed by atoms with Gasteiger partial charge < -0.3 is 30.1 Å². The Kier molecular flexibility index (Phi) is 5.95. The summed E-state index contributed by atoms with van der Waals surface area (Å²) in [7, 11) is 0. The second kappa shape index (κ2) is 7.74. The van der Waals surface area contributed by atoms with E-state index in [0.29, 0.717) is 5.75 Å². The van der Waals surface area contributed by atoms with Crippen molar-refractivity contribution in [1.29, 1.82) is 0 Å². The first-order chi connectivity index (χ1) is 11.0. The molecular formula is C16H23NO6. The molecule has 1 heterocycles. The number of ether oxygens (including phenoxy) is 2. The van der Waals surface area contributed by atoms with Gasteiger partial charge in [-0.25, -0.2) is 0 Å². The normalized spacial score (nSPS) is 30.7. The van der Waals surface area contributed by atoms with E-state index in [1.54, 1.807) is 6.07 Å². The highest BCUT2D eigenvalue weighted by Crippen LogP contribution is 2.25. The summed E-state index contributed by atoms with van der Waals surface area (Å²) < 4.78 is 11.3. The summed E-state index contributed by atoms with van der Waals surface area (Å²) in [4.78, 5) is 11.3. The Bertz CT molecular complexity index is 537. The molecule has 4 N–H and O–H groups in total. The van der Waals surface area contributed by atoms with Gasteiger partial charge in [-0.05, 0) is 24.1 Å². The highest BCUT2D eigenvalue weighted by Gasteiger charge is 2.46. The molecule has 2 rings (SSSR count).